The molecule has 1 saturated carbocycles. The molecule has 0 aromatic heterocycles. The first kappa shape index (κ1) is 56.8. The van der Waals surface area contributed by atoms with E-state index in [0.29, 0.717) is 45.1 Å². The third kappa shape index (κ3) is 36.9. The number of hydrogen-bond donors (Lipinski definition) is 1. The van der Waals surface area contributed by atoms with Crippen molar-refractivity contribution in [2.45, 2.75) is 258 Å². The first-order chi connectivity index (χ1) is 29.9. The van der Waals surface area contributed by atoms with E-state index in [1.54, 1.807) is 0 Å². The molecule has 0 amide bonds. The molecule has 1 rings (SSSR count). The Morgan fingerprint density at radius 1 is 0.508 bits per heavy atom. The lowest BCUT2D eigenvalue weighted by Crippen LogP contribution is -2.40. The number of rotatable bonds is 43. The highest BCUT2D eigenvalue weighted by Crippen LogP contribution is 2.25. The number of allylic oxidation sites excluding steroid dienone is 4. The van der Waals surface area contributed by atoms with Crippen molar-refractivity contribution in [3.8, 4) is 0 Å². The minimum Gasteiger partial charge on any atom is -0.466 e. The molecule has 8 nitrogen and oxygen atoms in total. The summed E-state index contributed by atoms with van der Waals surface area (Å²) in [5, 5.41) is 10.2. The molecule has 1 aliphatic carbocycles. The summed E-state index contributed by atoms with van der Waals surface area (Å²) < 4.78 is 17.0. The predicted octanol–water partition coefficient (Wildman–Crippen LogP) is 14.1. The van der Waals surface area contributed by atoms with Crippen molar-refractivity contribution >= 4 is 17.9 Å². The highest BCUT2D eigenvalue weighted by Gasteiger charge is 2.24. The van der Waals surface area contributed by atoms with Gasteiger partial charge >= 0.3 is 17.9 Å². The van der Waals surface area contributed by atoms with Crippen LogP contribution in [0.1, 0.15) is 245 Å². The van der Waals surface area contributed by atoms with Gasteiger partial charge in [-0.3, -0.25) is 14.4 Å². The van der Waals surface area contributed by atoms with Crippen LogP contribution in [-0.2, 0) is 28.6 Å². The van der Waals surface area contributed by atoms with Crippen LogP contribution < -0.4 is 0 Å². The summed E-state index contributed by atoms with van der Waals surface area (Å²) in [5.74, 6) is -0.314. The molecule has 0 aliphatic heterocycles. The lowest BCUT2D eigenvalue weighted by atomic mass is 9.91. The zero-order valence-corrected chi connectivity index (χ0v) is 40.2. The van der Waals surface area contributed by atoms with Gasteiger partial charge in [0, 0.05) is 31.2 Å². The van der Waals surface area contributed by atoms with Gasteiger partial charge in [-0.05, 0) is 116 Å². The SMILES string of the molecule is CCCCC/C=C\C/C=C\CCCCCCCC(=O)OCCCCCCN(CCCCC(COC(=O)CCCCCCC)COC(=O)CCCCCCC)C1CCC(O)CC1. The molecule has 0 radical (unpaired) electrons. The second kappa shape index (κ2) is 43.1. The number of carbonyl (C=O) groups is 3. The smallest absolute Gasteiger partial charge is 0.305 e. The number of ether oxygens (including phenoxy) is 3. The molecule has 0 saturated heterocycles. The third-order valence-electron chi connectivity index (χ3n) is 12.4. The van der Waals surface area contributed by atoms with Gasteiger partial charge in [-0.25, -0.2) is 0 Å². The Hall–Kier alpha value is -2.19. The predicted molar refractivity (Wildman–Crippen MR) is 255 cm³/mol. The maximum Gasteiger partial charge on any atom is 0.305 e. The Morgan fingerprint density at radius 3 is 1.49 bits per heavy atom. The lowest BCUT2D eigenvalue weighted by Gasteiger charge is -2.36. The van der Waals surface area contributed by atoms with E-state index >= 15 is 0 Å². The summed E-state index contributed by atoms with van der Waals surface area (Å²) in [5.41, 5.74) is 0. The minimum absolute atomic E-state index is 0.0146. The molecule has 1 aliphatic rings. The molecular formula is C53H97NO7. The standard InChI is InChI=1S/C53H97NO7/c1-4-7-10-13-14-15-16-17-18-19-20-21-22-25-30-36-51(56)59-45-34-27-26-32-43-54(49-39-41-50(55)42-40-49)44-33-31-35-48(46-60-52(57)37-28-23-11-8-5-2)47-61-53(58)38-29-24-12-9-6-3/h14-15,17-18,48-50,55H,4-13,16,19-47H2,1-3H3/b15-14-,18-17-. The summed E-state index contributed by atoms with van der Waals surface area (Å²) >= 11 is 0. The Balaban J connectivity index is 2.34. The largest absolute Gasteiger partial charge is 0.466 e. The normalized spacial score (nSPS) is 15.7. The number of carbonyl (C=O) groups excluding carboxylic acids is 3. The summed E-state index contributed by atoms with van der Waals surface area (Å²) in [4.78, 5) is 40.0. The van der Waals surface area contributed by atoms with Crippen LogP contribution in [0.25, 0.3) is 0 Å². The van der Waals surface area contributed by atoms with Gasteiger partial charge in [0.15, 0.2) is 0 Å². The summed E-state index contributed by atoms with van der Waals surface area (Å²) in [6.45, 7) is 9.83. The molecule has 0 aromatic rings. The fourth-order valence-corrected chi connectivity index (χ4v) is 8.28. The average Bonchev–Trinajstić information content (AvgIpc) is 3.26. The number of aliphatic hydroxyl groups excluding tert-OH is 1. The number of aliphatic hydroxyl groups is 1. The zero-order valence-electron chi connectivity index (χ0n) is 40.2. The first-order valence-electron chi connectivity index (χ1n) is 26.1. The van der Waals surface area contributed by atoms with Crippen LogP contribution in [0.4, 0.5) is 0 Å². The van der Waals surface area contributed by atoms with Crippen molar-refractivity contribution in [3.63, 3.8) is 0 Å². The topological polar surface area (TPSA) is 102 Å². The molecular weight excluding hydrogens is 763 g/mol. The maximum absolute atomic E-state index is 12.5. The average molecular weight is 860 g/mol. The summed E-state index contributed by atoms with van der Waals surface area (Å²) in [7, 11) is 0. The fourth-order valence-electron chi connectivity index (χ4n) is 8.28. The Labute approximate surface area is 376 Å². The van der Waals surface area contributed by atoms with Crippen LogP contribution in [0.2, 0.25) is 0 Å². The van der Waals surface area contributed by atoms with Gasteiger partial charge in [0.1, 0.15) is 0 Å². The Kier molecular flexibility index (Phi) is 40.1. The molecule has 61 heavy (non-hydrogen) atoms. The van der Waals surface area contributed by atoms with Crippen LogP contribution >= 0.6 is 0 Å². The van der Waals surface area contributed by atoms with E-state index in [2.05, 4.69) is 50.0 Å². The Bertz CT molecular complexity index is 1040. The van der Waals surface area contributed by atoms with Gasteiger partial charge in [0.2, 0.25) is 0 Å². The van der Waals surface area contributed by atoms with Gasteiger partial charge in [-0.2, -0.15) is 0 Å². The molecule has 0 atom stereocenters. The molecule has 8 heteroatoms. The molecule has 0 aromatic carbocycles. The van der Waals surface area contributed by atoms with Crippen molar-refractivity contribution in [3.05, 3.63) is 24.3 Å². The van der Waals surface area contributed by atoms with E-state index in [0.717, 1.165) is 148 Å². The van der Waals surface area contributed by atoms with Crippen LogP contribution in [0.3, 0.4) is 0 Å². The van der Waals surface area contributed by atoms with Gasteiger partial charge in [0.25, 0.3) is 0 Å². The van der Waals surface area contributed by atoms with Crippen molar-refractivity contribution in [2.75, 3.05) is 32.9 Å². The number of hydrogen-bond acceptors (Lipinski definition) is 8. The van der Waals surface area contributed by atoms with Crippen LogP contribution in [0.15, 0.2) is 24.3 Å². The van der Waals surface area contributed by atoms with Gasteiger partial charge in [0.05, 0.1) is 25.9 Å². The van der Waals surface area contributed by atoms with Crippen LogP contribution in [0, 0.1) is 5.92 Å². The molecule has 1 fully saturated rings. The highest BCUT2D eigenvalue weighted by molar-refractivity contribution is 5.70. The highest BCUT2D eigenvalue weighted by atomic mass is 16.5. The maximum atomic E-state index is 12.5. The quantitative estimate of drug-likeness (QED) is 0.0280. The zero-order chi connectivity index (χ0) is 44.3. The second-order valence-corrected chi connectivity index (χ2v) is 18.2. The molecule has 1 N–H and O–H groups in total. The fraction of sp³-hybridized carbons (Fsp3) is 0.868. The van der Waals surface area contributed by atoms with Gasteiger partial charge in [-0.1, -0.05) is 148 Å². The van der Waals surface area contributed by atoms with E-state index in [1.807, 2.05) is 0 Å². The number of nitrogens with zero attached hydrogens (tertiary/aromatic N) is 1. The molecule has 0 spiro atoms. The van der Waals surface area contributed by atoms with Crippen molar-refractivity contribution in [2.24, 2.45) is 5.92 Å². The van der Waals surface area contributed by atoms with E-state index in [9.17, 15) is 19.5 Å². The number of unbranched alkanes of at least 4 members (excludes halogenated alkanes) is 20. The molecule has 0 heterocycles. The monoisotopic (exact) mass is 860 g/mol. The molecule has 0 bridgehead atoms. The van der Waals surface area contributed by atoms with Crippen LogP contribution in [-0.4, -0.2) is 73.0 Å². The van der Waals surface area contributed by atoms with Crippen molar-refractivity contribution < 1.29 is 33.7 Å². The number of esters is 3. The van der Waals surface area contributed by atoms with Crippen LogP contribution in [0.5, 0.6) is 0 Å². The Morgan fingerprint density at radius 2 is 0.934 bits per heavy atom. The van der Waals surface area contributed by atoms with Gasteiger partial charge < -0.3 is 24.2 Å². The van der Waals surface area contributed by atoms with Crippen molar-refractivity contribution in [1.29, 1.82) is 0 Å². The van der Waals surface area contributed by atoms with E-state index in [1.165, 1.54) is 70.6 Å². The van der Waals surface area contributed by atoms with Gasteiger partial charge in [-0.15, -0.1) is 0 Å². The van der Waals surface area contributed by atoms with Crippen molar-refractivity contribution in [1.82, 2.24) is 4.90 Å². The molecule has 356 valence electrons. The minimum atomic E-state index is -0.172. The lowest BCUT2D eigenvalue weighted by molar-refractivity contribution is -0.149. The van der Waals surface area contributed by atoms with E-state index in [-0.39, 0.29) is 29.9 Å². The second-order valence-electron chi connectivity index (χ2n) is 18.2. The summed E-state index contributed by atoms with van der Waals surface area (Å²) in [6.07, 6.45) is 45.3. The molecule has 0 unspecified atom stereocenters. The van der Waals surface area contributed by atoms with E-state index < -0.39 is 0 Å². The summed E-state index contributed by atoms with van der Waals surface area (Å²) in [6, 6.07) is 0.505. The third-order valence-corrected chi connectivity index (χ3v) is 12.4. The first-order valence-corrected chi connectivity index (χ1v) is 26.1. The van der Waals surface area contributed by atoms with E-state index in [4.69, 9.17) is 14.2 Å².